The van der Waals surface area contributed by atoms with E-state index in [0.717, 1.165) is 48.2 Å². The molecule has 6 heteroatoms. The van der Waals surface area contributed by atoms with Gasteiger partial charge in [-0.05, 0) is 48.9 Å². The minimum Gasteiger partial charge on any atom is -0.487 e. The zero-order chi connectivity index (χ0) is 19.4. The van der Waals surface area contributed by atoms with Crippen molar-refractivity contribution in [3.63, 3.8) is 0 Å². The zero-order valence-corrected chi connectivity index (χ0v) is 16.1. The number of rotatable bonds is 9. The van der Waals surface area contributed by atoms with E-state index in [0.29, 0.717) is 13.2 Å². The lowest BCUT2D eigenvalue weighted by molar-refractivity contribution is 0.301. The summed E-state index contributed by atoms with van der Waals surface area (Å²) in [6.45, 7) is 4.63. The lowest BCUT2D eigenvalue weighted by Gasteiger charge is -2.11. The van der Waals surface area contributed by atoms with Crippen molar-refractivity contribution in [2.75, 3.05) is 13.1 Å². The molecule has 1 aromatic carbocycles. The van der Waals surface area contributed by atoms with E-state index in [4.69, 9.17) is 9.15 Å². The topological polar surface area (TPSA) is 71.7 Å². The minimum absolute atomic E-state index is 0.449. The van der Waals surface area contributed by atoms with E-state index in [2.05, 4.69) is 27.5 Å². The summed E-state index contributed by atoms with van der Waals surface area (Å²) < 4.78 is 11.2. The third-order valence-electron chi connectivity index (χ3n) is 4.02. The van der Waals surface area contributed by atoms with Crippen LogP contribution in [0, 0.1) is 0 Å². The lowest BCUT2D eigenvalue weighted by atomic mass is 10.2. The van der Waals surface area contributed by atoms with Crippen LogP contribution in [0.3, 0.4) is 0 Å². The fourth-order valence-corrected chi connectivity index (χ4v) is 2.65. The molecule has 2 aromatic heterocycles. The molecule has 0 atom stereocenters. The first-order valence-electron chi connectivity index (χ1n) is 9.49. The van der Waals surface area contributed by atoms with Crippen LogP contribution in [0.2, 0.25) is 0 Å². The van der Waals surface area contributed by atoms with Crippen LogP contribution in [-0.4, -0.2) is 24.0 Å². The average Bonchev–Trinajstić information content (AvgIpc) is 3.25. The summed E-state index contributed by atoms with van der Waals surface area (Å²) in [6, 6.07) is 17.7. The summed E-state index contributed by atoms with van der Waals surface area (Å²) in [7, 11) is 0. The number of hydrogen-bond acceptors (Lipinski definition) is 4. The minimum atomic E-state index is 0.449. The summed E-state index contributed by atoms with van der Waals surface area (Å²) in [4.78, 5) is 8.93. The first-order valence-corrected chi connectivity index (χ1v) is 9.49. The van der Waals surface area contributed by atoms with Gasteiger partial charge in [0, 0.05) is 25.7 Å². The first-order chi connectivity index (χ1) is 13.8. The molecule has 2 heterocycles. The van der Waals surface area contributed by atoms with Crippen LogP contribution in [0.25, 0.3) is 0 Å². The monoisotopic (exact) mass is 378 g/mol. The third-order valence-corrected chi connectivity index (χ3v) is 4.02. The molecule has 2 N–H and O–H groups in total. The largest absolute Gasteiger partial charge is 0.487 e. The van der Waals surface area contributed by atoms with Crippen LogP contribution >= 0.6 is 0 Å². The maximum absolute atomic E-state index is 5.84. The van der Waals surface area contributed by atoms with Crippen molar-refractivity contribution in [2.45, 2.75) is 26.5 Å². The molecule has 6 nitrogen and oxygen atoms in total. The molecular weight excluding hydrogens is 352 g/mol. The molecule has 0 aliphatic rings. The molecular formula is C22H26N4O2. The predicted octanol–water partition coefficient (Wildman–Crippen LogP) is 3.55. The Balaban J connectivity index is 1.52. The molecule has 0 radical (unpaired) electrons. The van der Waals surface area contributed by atoms with E-state index in [1.165, 1.54) is 0 Å². The van der Waals surface area contributed by atoms with Gasteiger partial charge in [0.25, 0.3) is 0 Å². The highest BCUT2D eigenvalue weighted by Crippen LogP contribution is 2.15. The van der Waals surface area contributed by atoms with Crippen LogP contribution < -0.4 is 15.4 Å². The molecule has 28 heavy (non-hydrogen) atoms. The standard InChI is InChI=1S/C22H26N4O2/c1-2-23-22(25-13-11-20-10-6-14-27-20)26-16-18-7-5-9-21(15-18)28-17-19-8-3-4-12-24-19/h3-10,12,14-15H,2,11,13,16-17H2,1H3,(H2,23,25,26). The van der Waals surface area contributed by atoms with E-state index in [1.54, 1.807) is 12.5 Å². The Labute approximate surface area is 165 Å². The quantitative estimate of drug-likeness (QED) is 0.440. The molecule has 0 aliphatic carbocycles. The van der Waals surface area contributed by atoms with Crippen LogP contribution in [0.15, 0.2) is 76.5 Å². The second-order valence-corrected chi connectivity index (χ2v) is 6.21. The molecule has 0 bridgehead atoms. The highest BCUT2D eigenvalue weighted by Gasteiger charge is 2.02. The fraction of sp³-hybridized carbons (Fsp3) is 0.273. The lowest BCUT2D eigenvalue weighted by Crippen LogP contribution is -2.38. The summed E-state index contributed by atoms with van der Waals surface area (Å²) >= 11 is 0. The molecule has 0 saturated carbocycles. The maximum Gasteiger partial charge on any atom is 0.191 e. The van der Waals surface area contributed by atoms with Gasteiger partial charge in [0.05, 0.1) is 18.5 Å². The van der Waals surface area contributed by atoms with Gasteiger partial charge in [0.1, 0.15) is 18.1 Å². The summed E-state index contributed by atoms with van der Waals surface area (Å²) in [5.74, 6) is 2.56. The highest BCUT2D eigenvalue weighted by molar-refractivity contribution is 5.79. The molecule has 3 aromatic rings. The van der Waals surface area contributed by atoms with Crippen LogP contribution in [0.5, 0.6) is 5.75 Å². The van der Waals surface area contributed by atoms with Crippen molar-refractivity contribution in [1.82, 2.24) is 15.6 Å². The van der Waals surface area contributed by atoms with Gasteiger partial charge < -0.3 is 19.8 Å². The van der Waals surface area contributed by atoms with Gasteiger partial charge in [-0.1, -0.05) is 18.2 Å². The second-order valence-electron chi connectivity index (χ2n) is 6.21. The molecule has 3 rings (SSSR count). The van der Waals surface area contributed by atoms with E-state index in [1.807, 2.05) is 54.6 Å². The van der Waals surface area contributed by atoms with Gasteiger partial charge in [-0.2, -0.15) is 0 Å². The molecule has 0 amide bonds. The van der Waals surface area contributed by atoms with Gasteiger partial charge in [-0.15, -0.1) is 0 Å². The summed E-state index contributed by atoms with van der Waals surface area (Å²) in [5, 5.41) is 6.59. The molecule has 0 fully saturated rings. The second kappa shape index (κ2) is 10.8. The van der Waals surface area contributed by atoms with Gasteiger partial charge in [-0.25, -0.2) is 4.99 Å². The molecule has 0 unspecified atom stereocenters. The Kier molecular flexibility index (Phi) is 7.49. The number of ether oxygens (including phenoxy) is 1. The summed E-state index contributed by atoms with van der Waals surface area (Å²) in [5.41, 5.74) is 1.99. The van der Waals surface area contributed by atoms with Crippen molar-refractivity contribution in [1.29, 1.82) is 0 Å². The van der Waals surface area contributed by atoms with Crippen molar-refractivity contribution < 1.29 is 9.15 Å². The number of guanidine groups is 1. The van der Waals surface area contributed by atoms with E-state index < -0.39 is 0 Å². The van der Waals surface area contributed by atoms with Crippen molar-refractivity contribution >= 4 is 5.96 Å². The van der Waals surface area contributed by atoms with E-state index >= 15 is 0 Å². The maximum atomic E-state index is 5.84. The van der Waals surface area contributed by atoms with Crippen molar-refractivity contribution in [3.8, 4) is 5.75 Å². The van der Waals surface area contributed by atoms with Crippen LogP contribution in [0.1, 0.15) is 23.9 Å². The summed E-state index contributed by atoms with van der Waals surface area (Å²) in [6.07, 6.45) is 4.27. The Morgan fingerprint density at radius 2 is 2.07 bits per heavy atom. The van der Waals surface area contributed by atoms with Crippen LogP contribution in [-0.2, 0) is 19.6 Å². The van der Waals surface area contributed by atoms with Gasteiger partial charge in [-0.3, -0.25) is 4.98 Å². The number of benzene rings is 1. The number of pyridine rings is 1. The molecule has 0 spiro atoms. The molecule has 0 saturated heterocycles. The number of nitrogens with zero attached hydrogens (tertiary/aromatic N) is 2. The third kappa shape index (κ3) is 6.46. The average molecular weight is 378 g/mol. The van der Waals surface area contributed by atoms with Crippen molar-refractivity contribution in [2.24, 2.45) is 4.99 Å². The Morgan fingerprint density at radius 1 is 1.11 bits per heavy atom. The van der Waals surface area contributed by atoms with Crippen LogP contribution in [0.4, 0.5) is 0 Å². The van der Waals surface area contributed by atoms with E-state index in [9.17, 15) is 0 Å². The highest BCUT2D eigenvalue weighted by atomic mass is 16.5. The zero-order valence-electron chi connectivity index (χ0n) is 16.1. The number of nitrogens with one attached hydrogen (secondary N) is 2. The van der Waals surface area contributed by atoms with Gasteiger partial charge in [0.15, 0.2) is 5.96 Å². The smallest absolute Gasteiger partial charge is 0.191 e. The Hall–Kier alpha value is -3.28. The van der Waals surface area contributed by atoms with Gasteiger partial charge in [0.2, 0.25) is 0 Å². The number of aliphatic imine (C=N–C) groups is 1. The van der Waals surface area contributed by atoms with Crippen molar-refractivity contribution in [3.05, 3.63) is 84.1 Å². The van der Waals surface area contributed by atoms with Gasteiger partial charge >= 0.3 is 0 Å². The predicted molar refractivity (Wildman–Crippen MR) is 110 cm³/mol. The molecule has 0 aliphatic heterocycles. The number of aromatic nitrogens is 1. The Bertz CT molecular complexity index is 848. The number of furan rings is 1. The fourth-order valence-electron chi connectivity index (χ4n) is 2.65. The molecule has 146 valence electrons. The number of hydrogen-bond donors (Lipinski definition) is 2. The SMILES string of the molecule is CCNC(=NCc1cccc(OCc2ccccn2)c1)NCCc1ccco1. The first kappa shape index (κ1) is 19.5. The Morgan fingerprint density at radius 3 is 2.86 bits per heavy atom. The normalized spacial score (nSPS) is 11.2. The van der Waals surface area contributed by atoms with E-state index in [-0.39, 0.29) is 0 Å².